The minimum absolute atomic E-state index is 1.03. The van der Waals surface area contributed by atoms with Crippen molar-refractivity contribution in [2.45, 2.75) is 26.0 Å². The largest absolute Gasteiger partial charge is 0.317 e. The van der Waals surface area contributed by atoms with Crippen molar-refractivity contribution in [3.63, 3.8) is 0 Å². The van der Waals surface area contributed by atoms with E-state index in [0.717, 1.165) is 31.0 Å². The number of nitrogens with one attached hydrogen (secondary N) is 1. The minimum atomic E-state index is 1.03. The zero-order valence-electron chi connectivity index (χ0n) is 12.2. The summed E-state index contributed by atoms with van der Waals surface area (Å²) in [4.78, 5) is 6.27. The molecule has 0 aliphatic heterocycles. The van der Waals surface area contributed by atoms with Gasteiger partial charge < -0.3 is 5.32 Å². The average molecular weight is 306 g/mol. The van der Waals surface area contributed by atoms with E-state index in [1.165, 1.54) is 21.1 Å². The fraction of sp³-hybridized carbons (Fsp3) is 0.438. The van der Waals surface area contributed by atoms with E-state index >= 15 is 0 Å². The van der Waals surface area contributed by atoms with Crippen molar-refractivity contribution in [3.8, 4) is 11.3 Å². The van der Waals surface area contributed by atoms with Gasteiger partial charge in [0, 0.05) is 22.7 Å². The Bertz CT molecular complexity index is 508. The lowest BCUT2D eigenvalue weighted by Gasteiger charge is -2.03. The molecule has 0 saturated carbocycles. The predicted octanol–water partition coefficient (Wildman–Crippen LogP) is 4.22. The van der Waals surface area contributed by atoms with E-state index in [9.17, 15) is 0 Å². The number of nitrogens with zero attached hydrogens (tertiary/aromatic N) is 1. The monoisotopic (exact) mass is 306 g/mol. The van der Waals surface area contributed by atoms with Crippen molar-refractivity contribution in [1.29, 1.82) is 0 Å². The summed E-state index contributed by atoms with van der Waals surface area (Å²) in [7, 11) is 0. The maximum absolute atomic E-state index is 4.87. The summed E-state index contributed by atoms with van der Waals surface area (Å²) >= 11 is 3.81. The summed E-state index contributed by atoms with van der Waals surface area (Å²) in [6.07, 6.45) is 1.06. The van der Waals surface area contributed by atoms with Gasteiger partial charge in [-0.1, -0.05) is 44.2 Å². The highest BCUT2D eigenvalue weighted by atomic mass is 32.2. The van der Waals surface area contributed by atoms with E-state index in [1.807, 2.05) is 23.1 Å². The van der Waals surface area contributed by atoms with Crippen LogP contribution in [-0.2, 0) is 12.2 Å². The van der Waals surface area contributed by atoms with Crippen LogP contribution >= 0.6 is 23.1 Å². The van der Waals surface area contributed by atoms with Crippen molar-refractivity contribution < 1.29 is 0 Å². The van der Waals surface area contributed by atoms with Crippen molar-refractivity contribution >= 4 is 23.1 Å². The highest BCUT2D eigenvalue weighted by Crippen LogP contribution is 2.30. The normalized spacial score (nSPS) is 10.9. The van der Waals surface area contributed by atoms with Crippen LogP contribution in [0.4, 0.5) is 0 Å². The van der Waals surface area contributed by atoms with Crippen molar-refractivity contribution in [3.05, 3.63) is 40.2 Å². The Morgan fingerprint density at radius 1 is 1.20 bits per heavy atom. The minimum Gasteiger partial charge on any atom is -0.317 e. The summed E-state index contributed by atoms with van der Waals surface area (Å²) in [5.74, 6) is 2.18. The van der Waals surface area contributed by atoms with Crippen LogP contribution < -0.4 is 5.32 Å². The van der Waals surface area contributed by atoms with Gasteiger partial charge in [-0.2, -0.15) is 11.8 Å². The molecule has 2 aromatic rings. The van der Waals surface area contributed by atoms with Gasteiger partial charge in [0.1, 0.15) is 5.01 Å². The molecular weight excluding hydrogens is 284 g/mol. The molecule has 108 valence electrons. The number of hydrogen-bond donors (Lipinski definition) is 1. The molecule has 2 nitrogen and oxygen atoms in total. The van der Waals surface area contributed by atoms with E-state index < -0.39 is 0 Å². The first-order valence-corrected chi connectivity index (χ1v) is 9.14. The quantitative estimate of drug-likeness (QED) is 0.739. The number of benzene rings is 1. The maximum Gasteiger partial charge on any atom is 0.103 e. The zero-order valence-corrected chi connectivity index (χ0v) is 13.8. The average Bonchev–Trinajstić information content (AvgIpc) is 2.89. The first kappa shape index (κ1) is 15.5. The van der Waals surface area contributed by atoms with Crippen molar-refractivity contribution in [2.24, 2.45) is 0 Å². The molecule has 1 aromatic heterocycles. The van der Waals surface area contributed by atoms with Gasteiger partial charge in [0.15, 0.2) is 0 Å². The number of thioether (sulfide) groups is 1. The fourth-order valence-electron chi connectivity index (χ4n) is 2.02. The zero-order chi connectivity index (χ0) is 14.2. The molecule has 1 heterocycles. The van der Waals surface area contributed by atoms with Crippen LogP contribution in [-0.4, -0.2) is 23.8 Å². The van der Waals surface area contributed by atoms with E-state index in [2.05, 4.69) is 49.5 Å². The van der Waals surface area contributed by atoms with Crippen LogP contribution in [0.15, 0.2) is 30.3 Å². The smallest absolute Gasteiger partial charge is 0.103 e. The Labute approximate surface area is 130 Å². The van der Waals surface area contributed by atoms with Crippen LogP contribution in [0.3, 0.4) is 0 Å². The Morgan fingerprint density at radius 2 is 2.00 bits per heavy atom. The second kappa shape index (κ2) is 8.45. The molecule has 0 unspecified atom stereocenters. The first-order chi connectivity index (χ1) is 9.85. The second-order valence-electron chi connectivity index (χ2n) is 4.49. The molecule has 0 fully saturated rings. The Hall–Kier alpha value is -0.840. The van der Waals surface area contributed by atoms with Crippen LogP contribution in [0.5, 0.6) is 0 Å². The molecule has 0 aliphatic carbocycles. The summed E-state index contributed by atoms with van der Waals surface area (Å²) in [5, 5.41) is 4.65. The van der Waals surface area contributed by atoms with Gasteiger partial charge in [-0.3, -0.25) is 0 Å². The molecule has 0 spiro atoms. The molecule has 0 amide bonds. The number of rotatable bonds is 8. The van der Waals surface area contributed by atoms with Gasteiger partial charge in [-0.15, -0.1) is 11.3 Å². The third-order valence-corrected chi connectivity index (χ3v) is 5.18. The Balaban J connectivity index is 2.20. The van der Waals surface area contributed by atoms with E-state index in [0.29, 0.717) is 0 Å². The third-order valence-electron chi connectivity index (χ3n) is 3.00. The number of aromatic nitrogens is 1. The molecule has 0 aliphatic rings. The second-order valence-corrected chi connectivity index (χ2v) is 6.93. The number of hydrogen-bond acceptors (Lipinski definition) is 4. The third kappa shape index (κ3) is 4.33. The van der Waals surface area contributed by atoms with E-state index in [-0.39, 0.29) is 0 Å². The van der Waals surface area contributed by atoms with E-state index in [4.69, 9.17) is 4.98 Å². The molecule has 0 saturated heterocycles. The predicted molar refractivity (Wildman–Crippen MR) is 91.6 cm³/mol. The number of thiazole rings is 1. The molecule has 0 radical (unpaired) electrons. The summed E-state index contributed by atoms with van der Waals surface area (Å²) < 4.78 is 0. The molecule has 20 heavy (non-hydrogen) atoms. The molecule has 2 rings (SSSR count). The molecule has 0 bridgehead atoms. The van der Waals surface area contributed by atoms with Gasteiger partial charge >= 0.3 is 0 Å². The van der Waals surface area contributed by atoms with Gasteiger partial charge in [-0.05, 0) is 18.7 Å². The molecule has 0 atom stereocenters. The summed E-state index contributed by atoms with van der Waals surface area (Å²) in [5.41, 5.74) is 2.42. The van der Waals surface area contributed by atoms with Gasteiger partial charge in [0.25, 0.3) is 0 Å². The Kier molecular flexibility index (Phi) is 6.57. The maximum atomic E-state index is 4.87. The van der Waals surface area contributed by atoms with E-state index in [1.54, 1.807) is 0 Å². The molecular formula is C16H22N2S2. The van der Waals surface area contributed by atoms with Gasteiger partial charge in [0.05, 0.1) is 5.69 Å². The molecule has 4 heteroatoms. The summed E-state index contributed by atoms with van der Waals surface area (Å²) in [6.45, 7) is 6.40. The van der Waals surface area contributed by atoms with Crippen LogP contribution in [0.1, 0.15) is 23.7 Å². The first-order valence-electron chi connectivity index (χ1n) is 7.17. The lowest BCUT2D eigenvalue weighted by Crippen LogP contribution is -2.15. The van der Waals surface area contributed by atoms with Gasteiger partial charge in [0.2, 0.25) is 0 Å². The summed E-state index contributed by atoms with van der Waals surface area (Å²) in [6, 6.07) is 10.5. The molecule has 1 N–H and O–H groups in total. The highest BCUT2D eigenvalue weighted by molar-refractivity contribution is 7.98. The SMILES string of the molecule is CCNCCc1sc(CSCC)nc1-c1ccccc1. The standard InChI is InChI=1S/C16H22N2S2/c1-3-17-11-10-14-16(13-8-6-5-7-9-13)18-15(20-14)12-19-4-2/h5-9,17H,3-4,10-12H2,1-2H3. The van der Waals surface area contributed by atoms with Crippen molar-refractivity contribution in [1.82, 2.24) is 10.3 Å². The van der Waals surface area contributed by atoms with Crippen LogP contribution in [0, 0.1) is 0 Å². The van der Waals surface area contributed by atoms with Crippen LogP contribution in [0.2, 0.25) is 0 Å². The van der Waals surface area contributed by atoms with Crippen molar-refractivity contribution in [2.75, 3.05) is 18.8 Å². The topological polar surface area (TPSA) is 24.9 Å². The lowest BCUT2D eigenvalue weighted by atomic mass is 10.1. The lowest BCUT2D eigenvalue weighted by molar-refractivity contribution is 0.721. The van der Waals surface area contributed by atoms with Crippen LogP contribution in [0.25, 0.3) is 11.3 Å². The molecule has 1 aromatic carbocycles. The fourth-order valence-corrected chi connectivity index (χ4v) is 3.84. The number of likely N-dealkylation sites (N-methyl/N-ethyl adjacent to an activating group) is 1. The Morgan fingerprint density at radius 3 is 2.70 bits per heavy atom. The highest BCUT2D eigenvalue weighted by Gasteiger charge is 2.12. The van der Waals surface area contributed by atoms with Gasteiger partial charge in [-0.25, -0.2) is 4.98 Å².